The molecule has 0 atom stereocenters. The Kier molecular flexibility index (Phi) is 6.43. The lowest BCUT2D eigenvalue weighted by Crippen LogP contribution is -2.41. The number of rotatable bonds is 6. The topological polar surface area (TPSA) is 109 Å². The number of alkyl carbamates (subject to hydrolysis) is 1. The number of hydrogen-bond acceptors (Lipinski definition) is 7. The summed E-state index contributed by atoms with van der Waals surface area (Å²) in [6.45, 7) is 8.21. The van der Waals surface area contributed by atoms with E-state index < -0.39 is 24.4 Å². The van der Waals surface area contributed by atoms with E-state index in [0.717, 1.165) is 5.56 Å². The van der Waals surface area contributed by atoms with Crippen molar-refractivity contribution in [2.45, 2.75) is 45.5 Å². The molecule has 9 heteroatoms. The second-order valence-corrected chi connectivity index (χ2v) is 8.06. The fraction of sp³-hybridized carbons (Fsp3) is 0.381. The van der Waals surface area contributed by atoms with Gasteiger partial charge in [-0.1, -0.05) is 30.3 Å². The lowest BCUT2D eigenvalue weighted by atomic mass is 9.77. The maximum absolute atomic E-state index is 12.2. The average molecular weight is 410 g/mol. The number of nitrogens with one attached hydrogen (secondary N) is 1. The zero-order valence-electron chi connectivity index (χ0n) is 17.7. The molecule has 0 aliphatic carbocycles. The van der Waals surface area contributed by atoms with Crippen molar-refractivity contribution < 1.29 is 18.8 Å². The van der Waals surface area contributed by atoms with Crippen molar-refractivity contribution in [3.05, 3.63) is 59.3 Å². The number of carbonyl (C=O) groups is 1. The summed E-state index contributed by atoms with van der Waals surface area (Å²) in [6, 6.07) is 11.2. The number of ether oxygens (including phenoxy) is 1. The molecule has 1 aromatic carbocycles. The summed E-state index contributed by atoms with van der Waals surface area (Å²) in [5.41, 5.74) is 6.83. The quantitative estimate of drug-likeness (QED) is 0.705. The van der Waals surface area contributed by atoms with E-state index in [1.165, 1.54) is 0 Å². The van der Waals surface area contributed by atoms with Crippen molar-refractivity contribution >= 4 is 25.2 Å². The molecular formula is C21H27BN4O4. The van der Waals surface area contributed by atoms with Crippen molar-refractivity contribution in [1.82, 2.24) is 15.3 Å². The molecule has 30 heavy (non-hydrogen) atoms. The number of nitrogens with two attached hydrogens (primary N) is 1. The molecule has 1 aliphatic heterocycles. The molecule has 0 unspecified atom stereocenters. The summed E-state index contributed by atoms with van der Waals surface area (Å²) in [6.07, 6.45) is 2.80. The van der Waals surface area contributed by atoms with Crippen LogP contribution in [-0.2, 0) is 20.7 Å². The summed E-state index contributed by atoms with van der Waals surface area (Å²) in [5, 5.41) is 2.76. The minimum absolute atomic E-state index is 0.159. The maximum Gasteiger partial charge on any atom is 0.492 e. The summed E-state index contributed by atoms with van der Waals surface area (Å²) < 4.78 is 17.6. The molecule has 8 nitrogen and oxygen atoms in total. The van der Waals surface area contributed by atoms with Crippen LogP contribution in [0.15, 0.2) is 48.1 Å². The van der Waals surface area contributed by atoms with Crippen LogP contribution in [0.2, 0.25) is 0 Å². The SMILES string of the molecule is CC1(C)OB(C(=Cc2ccnc(N)n2)CNC(=O)OCc2ccccc2)OC1(C)C. The summed E-state index contributed by atoms with van der Waals surface area (Å²) in [4.78, 5) is 20.3. The van der Waals surface area contributed by atoms with E-state index >= 15 is 0 Å². The highest BCUT2D eigenvalue weighted by molar-refractivity contribution is 6.56. The number of benzene rings is 1. The molecule has 0 saturated carbocycles. The molecule has 0 radical (unpaired) electrons. The van der Waals surface area contributed by atoms with Gasteiger partial charge in [0, 0.05) is 12.7 Å². The fourth-order valence-electron chi connectivity index (χ4n) is 2.80. The van der Waals surface area contributed by atoms with Crippen molar-refractivity contribution in [2.75, 3.05) is 12.3 Å². The molecule has 1 aromatic heterocycles. The number of aromatic nitrogens is 2. The van der Waals surface area contributed by atoms with E-state index in [-0.39, 0.29) is 19.1 Å². The lowest BCUT2D eigenvalue weighted by molar-refractivity contribution is 0.00578. The van der Waals surface area contributed by atoms with Crippen LogP contribution in [0.4, 0.5) is 10.7 Å². The predicted molar refractivity (Wildman–Crippen MR) is 115 cm³/mol. The summed E-state index contributed by atoms with van der Waals surface area (Å²) >= 11 is 0. The van der Waals surface area contributed by atoms with Gasteiger partial charge in [-0.25, -0.2) is 14.8 Å². The minimum Gasteiger partial charge on any atom is -0.445 e. The third kappa shape index (κ3) is 5.37. The Balaban J connectivity index is 1.71. The summed E-state index contributed by atoms with van der Waals surface area (Å²) in [5.74, 6) is 0.159. The van der Waals surface area contributed by atoms with Gasteiger partial charge in [-0.15, -0.1) is 0 Å². The molecule has 1 amide bonds. The van der Waals surface area contributed by atoms with Gasteiger partial charge in [0.2, 0.25) is 5.95 Å². The third-order valence-electron chi connectivity index (χ3n) is 5.23. The molecule has 1 aliphatic rings. The number of carbonyl (C=O) groups excluding carboxylic acids is 1. The van der Waals surface area contributed by atoms with Gasteiger partial charge in [0.1, 0.15) is 6.61 Å². The maximum atomic E-state index is 12.2. The smallest absolute Gasteiger partial charge is 0.445 e. The number of nitrogen functional groups attached to an aromatic ring is 1. The van der Waals surface area contributed by atoms with Crippen LogP contribution in [0.1, 0.15) is 39.0 Å². The molecule has 2 aromatic rings. The van der Waals surface area contributed by atoms with Gasteiger partial charge < -0.3 is 25.1 Å². The molecule has 2 heterocycles. The van der Waals surface area contributed by atoms with Gasteiger partial charge >= 0.3 is 13.2 Å². The Hall–Kier alpha value is -2.91. The Bertz CT molecular complexity index is 902. The first-order chi connectivity index (χ1) is 14.2. The summed E-state index contributed by atoms with van der Waals surface area (Å²) in [7, 11) is -0.652. The highest BCUT2D eigenvalue weighted by atomic mass is 16.7. The fourth-order valence-corrected chi connectivity index (χ4v) is 2.80. The number of nitrogens with zero attached hydrogens (tertiary/aromatic N) is 2. The van der Waals surface area contributed by atoms with Crippen LogP contribution >= 0.6 is 0 Å². The largest absolute Gasteiger partial charge is 0.492 e. The molecule has 1 saturated heterocycles. The number of anilines is 1. The Morgan fingerprint density at radius 3 is 2.47 bits per heavy atom. The normalized spacial score (nSPS) is 17.6. The van der Waals surface area contributed by atoms with Crippen molar-refractivity contribution in [3.63, 3.8) is 0 Å². The van der Waals surface area contributed by atoms with Gasteiger partial charge in [-0.3, -0.25) is 0 Å². The average Bonchev–Trinajstić information content (AvgIpc) is 2.91. The van der Waals surface area contributed by atoms with E-state index in [2.05, 4.69) is 15.3 Å². The molecule has 0 spiro atoms. The van der Waals surface area contributed by atoms with Gasteiger partial charge in [0.05, 0.1) is 16.9 Å². The second kappa shape index (κ2) is 8.85. The zero-order chi connectivity index (χ0) is 21.8. The first-order valence-corrected chi connectivity index (χ1v) is 9.75. The molecule has 158 valence electrons. The molecule has 3 rings (SSSR count). The molecule has 3 N–H and O–H groups in total. The van der Waals surface area contributed by atoms with Crippen LogP contribution in [-0.4, -0.2) is 40.9 Å². The van der Waals surface area contributed by atoms with Gasteiger partial charge in [-0.05, 0) is 50.9 Å². The molecular weight excluding hydrogens is 383 g/mol. The molecule has 0 bridgehead atoms. The van der Waals surface area contributed by atoms with Crippen LogP contribution < -0.4 is 11.1 Å². The van der Waals surface area contributed by atoms with Crippen LogP contribution in [0.5, 0.6) is 0 Å². The zero-order valence-corrected chi connectivity index (χ0v) is 17.7. The monoisotopic (exact) mass is 410 g/mol. The first kappa shape index (κ1) is 21.8. The van der Waals surface area contributed by atoms with Gasteiger partial charge in [0.25, 0.3) is 0 Å². The highest BCUT2D eigenvalue weighted by Crippen LogP contribution is 2.38. The van der Waals surface area contributed by atoms with Crippen molar-refractivity contribution in [1.29, 1.82) is 0 Å². The van der Waals surface area contributed by atoms with Gasteiger partial charge in [-0.2, -0.15) is 0 Å². The van der Waals surface area contributed by atoms with Gasteiger partial charge in [0.15, 0.2) is 0 Å². The molecule has 1 fully saturated rings. The van der Waals surface area contributed by atoms with E-state index in [1.54, 1.807) is 18.3 Å². The van der Waals surface area contributed by atoms with E-state index in [1.807, 2.05) is 58.0 Å². The first-order valence-electron chi connectivity index (χ1n) is 9.75. The minimum atomic E-state index is -0.652. The van der Waals surface area contributed by atoms with Crippen LogP contribution in [0.3, 0.4) is 0 Å². The van der Waals surface area contributed by atoms with E-state index in [0.29, 0.717) is 11.2 Å². The highest BCUT2D eigenvalue weighted by Gasteiger charge is 2.52. The third-order valence-corrected chi connectivity index (χ3v) is 5.23. The second-order valence-electron chi connectivity index (χ2n) is 8.06. The van der Waals surface area contributed by atoms with Crippen molar-refractivity contribution in [2.24, 2.45) is 0 Å². The Labute approximate surface area is 177 Å². The van der Waals surface area contributed by atoms with Crippen molar-refractivity contribution in [3.8, 4) is 0 Å². The number of amides is 1. The van der Waals surface area contributed by atoms with Crippen LogP contribution in [0, 0.1) is 0 Å². The van der Waals surface area contributed by atoms with Crippen LogP contribution in [0.25, 0.3) is 6.08 Å². The van der Waals surface area contributed by atoms with E-state index in [9.17, 15) is 4.79 Å². The lowest BCUT2D eigenvalue weighted by Gasteiger charge is -2.32. The number of hydrogen-bond donors (Lipinski definition) is 2. The Morgan fingerprint density at radius 2 is 1.83 bits per heavy atom. The predicted octanol–water partition coefficient (Wildman–Crippen LogP) is 3.00. The standard InChI is InChI=1S/C21H27BN4O4/c1-20(2)21(3,4)30-22(29-20)16(12-17-10-11-24-18(23)26-17)13-25-19(27)28-14-15-8-6-5-7-9-15/h5-12H,13-14H2,1-4H3,(H,25,27)(H2,23,24,26). The Morgan fingerprint density at radius 1 is 1.17 bits per heavy atom. The van der Waals surface area contributed by atoms with E-state index in [4.69, 9.17) is 19.8 Å².